The first-order valence-electron chi connectivity index (χ1n) is 6.17. The van der Waals surface area contributed by atoms with E-state index < -0.39 is 0 Å². The number of nitrogens with two attached hydrogens (primary N) is 1. The highest BCUT2D eigenvalue weighted by atomic mass is 79.9. The Morgan fingerprint density at radius 2 is 2.14 bits per heavy atom. The Hall–Kier alpha value is -1.66. The molecule has 0 radical (unpaired) electrons. The fourth-order valence-electron chi connectivity index (χ4n) is 1.83. The Morgan fingerprint density at radius 1 is 1.33 bits per heavy atom. The summed E-state index contributed by atoms with van der Waals surface area (Å²) < 4.78 is 6.41. The quantitative estimate of drug-likeness (QED) is 0.277. The minimum atomic E-state index is 0.0892. The Bertz CT molecular complexity index is 662. The Morgan fingerprint density at radius 3 is 2.81 bits per heavy atom. The number of rotatable bonds is 5. The van der Waals surface area contributed by atoms with Crippen molar-refractivity contribution in [2.45, 2.75) is 10.6 Å². The highest BCUT2D eigenvalue weighted by molar-refractivity contribution is 9.10. The van der Waals surface area contributed by atoms with Crippen molar-refractivity contribution < 1.29 is 9.94 Å². The molecule has 3 N–H and O–H groups in total. The lowest BCUT2D eigenvalue weighted by molar-refractivity contribution is 0.318. The molecule has 0 heterocycles. The van der Waals surface area contributed by atoms with Gasteiger partial charge in [-0.3, -0.25) is 0 Å². The number of ether oxygens (including phenoxy) is 1. The van der Waals surface area contributed by atoms with E-state index in [1.54, 1.807) is 24.9 Å². The zero-order valence-corrected chi connectivity index (χ0v) is 13.8. The molecule has 0 aliphatic heterocycles. The average Bonchev–Trinajstić information content (AvgIpc) is 2.52. The van der Waals surface area contributed by atoms with Crippen molar-refractivity contribution in [1.29, 1.82) is 0 Å². The van der Waals surface area contributed by atoms with E-state index in [0.717, 1.165) is 26.4 Å². The molecule has 0 spiro atoms. The molecule has 0 aromatic heterocycles. The summed E-state index contributed by atoms with van der Waals surface area (Å²) in [6, 6.07) is 13.6. The van der Waals surface area contributed by atoms with Gasteiger partial charge in [0.05, 0.1) is 7.11 Å². The van der Waals surface area contributed by atoms with Crippen molar-refractivity contribution in [3.63, 3.8) is 0 Å². The maximum Gasteiger partial charge on any atom is 0.170 e. The third-order valence-corrected chi connectivity index (χ3v) is 4.41. The Kier molecular flexibility index (Phi) is 5.52. The normalized spacial score (nSPS) is 11.4. The van der Waals surface area contributed by atoms with Gasteiger partial charge in [-0.15, -0.1) is 11.8 Å². The van der Waals surface area contributed by atoms with Gasteiger partial charge in [0.15, 0.2) is 5.84 Å². The van der Waals surface area contributed by atoms with Crippen molar-refractivity contribution in [2.75, 3.05) is 7.11 Å². The largest absolute Gasteiger partial charge is 0.496 e. The van der Waals surface area contributed by atoms with E-state index >= 15 is 0 Å². The minimum absolute atomic E-state index is 0.0892. The molecule has 21 heavy (non-hydrogen) atoms. The van der Waals surface area contributed by atoms with Crippen LogP contribution in [0.1, 0.15) is 11.1 Å². The SMILES string of the molecule is COc1ccc(/C(N)=N/O)cc1CSc1cccc(Br)c1. The molecule has 0 saturated carbocycles. The highest BCUT2D eigenvalue weighted by Crippen LogP contribution is 2.30. The van der Waals surface area contributed by atoms with E-state index in [9.17, 15) is 0 Å². The summed E-state index contributed by atoms with van der Waals surface area (Å²) in [5.41, 5.74) is 7.29. The van der Waals surface area contributed by atoms with Crippen LogP contribution in [0.3, 0.4) is 0 Å². The van der Waals surface area contributed by atoms with E-state index in [1.807, 2.05) is 24.3 Å². The monoisotopic (exact) mass is 366 g/mol. The van der Waals surface area contributed by atoms with Crippen LogP contribution in [-0.4, -0.2) is 18.2 Å². The van der Waals surface area contributed by atoms with Crippen molar-refractivity contribution in [3.8, 4) is 5.75 Å². The Balaban J connectivity index is 2.21. The van der Waals surface area contributed by atoms with Crippen LogP contribution in [0.4, 0.5) is 0 Å². The van der Waals surface area contributed by atoms with E-state index in [0.29, 0.717) is 5.56 Å². The third-order valence-electron chi connectivity index (χ3n) is 2.87. The van der Waals surface area contributed by atoms with Crippen LogP contribution in [0.25, 0.3) is 0 Å². The molecular weight excluding hydrogens is 352 g/mol. The predicted octanol–water partition coefficient (Wildman–Crippen LogP) is 3.84. The zero-order valence-electron chi connectivity index (χ0n) is 11.4. The number of thioether (sulfide) groups is 1. The molecule has 2 rings (SSSR count). The number of nitrogens with zero attached hydrogens (tertiary/aromatic N) is 1. The summed E-state index contributed by atoms with van der Waals surface area (Å²) in [6.07, 6.45) is 0. The van der Waals surface area contributed by atoms with E-state index in [4.69, 9.17) is 15.7 Å². The molecule has 0 amide bonds. The fraction of sp³-hybridized carbons (Fsp3) is 0.133. The van der Waals surface area contributed by atoms with Gasteiger partial charge in [0.1, 0.15) is 5.75 Å². The molecule has 0 bridgehead atoms. The van der Waals surface area contributed by atoms with Crippen LogP contribution in [0, 0.1) is 0 Å². The number of amidine groups is 1. The molecule has 110 valence electrons. The van der Waals surface area contributed by atoms with Gasteiger partial charge in [-0.05, 0) is 36.4 Å². The second-order valence-electron chi connectivity index (χ2n) is 4.26. The molecular formula is C15H15BrN2O2S. The molecule has 2 aromatic carbocycles. The maximum absolute atomic E-state index is 8.77. The molecule has 6 heteroatoms. The molecule has 0 aliphatic rings. The summed E-state index contributed by atoms with van der Waals surface area (Å²) in [6.45, 7) is 0. The Labute approximate surface area is 136 Å². The summed E-state index contributed by atoms with van der Waals surface area (Å²) in [7, 11) is 1.63. The lowest BCUT2D eigenvalue weighted by atomic mass is 10.1. The van der Waals surface area contributed by atoms with Gasteiger partial charge in [-0.1, -0.05) is 27.2 Å². The molecule has 0 atom stereocenters. The van der Waals surface area contributed by atoms with Crippen LogP contribution < -0.4 is 10.5 Å². The number of benzene rings is 2. The van der Waals surface area contributed by atoms with E-state index in [2.05, 4.69) is 33.2 Å². The number of hydrogen-bond acceptors (Lipinski definition) is 4. The lowest BCUT2D eigenvalue weighted by Crippen LogP contribution is -2.13. The maximum atomic E-state index is 8.77. The van der Waals surface area contributed by atoms with Crippen LogP contribution in [0.2, 0.25) is 0 Å². The van der Waals surface area contributed by atoms with Crippen molar-refractivity contribution in [1.82, 2.24) is 0 Å². The van der Waals surface area contributed by atoms with Crippen molar-refractivity contribution in [2.24, 2.45) is 10.9 Å². The van der Waals surface area contributed by atoms with Gasteiger partial charge in [0, 0.05) is 26.2 Å². The van der Waals surface area contributed by atoms with Gasteiger partial charge >= 0.3 is 0 Å². The van der Waals surface area contributed by atoms with Gasteiger partial charge in [-0.2, -0.15) is 0 Å². The van der Waals surface area contributed by atoms with Crippen LogP contribution in [0.5, 0.6) is 5.75 Å². The second kappa shape index (κ2) is 7.38. The summed E-state index contributed by atoms with van der Waals surface area (Å²) in [4.78, 5) is 1.15. The first-order valence-corrected chi connectivity index (χ1v) is 7.95. The molecule has 4 nitrogen and oxygen atoms in total. The van der Waals surface area contributed by atoms with E-state index in [1.165, 1.54) is 0 Å². The number of methoxy groups -OCH3 is 1. The van der Waals surface area contributed by atoms with Gasteiger partial charge in [0.25, 0.3) is 0 Å². The summed E-state index contributed by atoms with van der Waals surface area (Å²) in [5, 5.41) is 11.8. The topological polar surface area (TPSA) is 67.8 Å². The molecule has 2 aromatic rings. The summed E-state index contributed by atoms with van der Waals surface area (Å²) >= 11 is 5.15. The smallest absolute Gasteiger partial charge is 0.170 e. The molecule has 0 aliphatic carbocycles. The van der Waals surface area contributed by atoms with Gasteiger partial charge in [-0.25, -0.2) is 0 Å². The van der Waals surface area contributed by atoms with E-state index in [-0.39, 0.29) is 5.84 Å². The number of halogens is 1. The van der Waals surface area contributed by atoms with Crippen LogP contribution >= 0.6 is 27.7 Å². The molecule has 0 fully saturated rings. The summed E-state index contributed by atoms with van der Waals surface area (Å²) in [5.74, 6) is 1.60. The highest BCUT2D eigenvalue weighted by Gasteiger charge is 2.08. The van der Waals surface area contributed by atoms with Gasteiger partial charge in [0.2, 0.25) is 0 Å². The zero-order chi connectivity index (χ0) is 15.2. The fourth-order valence-corrected chi connectivity index (χ4v) is 3.31. The van der Waals surface area contributed by atoms with Crippen molar-refractivity contribution in [3.05, 3.63) is 58.1 Å². The predicted molar refractivity (Wildman–Crippen MR) is 89.2 cm³/mol. The second-order valence-corrected chi connectivity index (χ2v) is 6.22. The minimum Gasteiger partial charge on any atom is -0.496 e. The first kappa shape index (κ1) is 15.7. The molecule has 0 unspecified atom stereocenters. The lowest BCUT2D eigenvalue weighted by Gasteiger charge is -2.10. The van der Waals surface area contributed by atoms with Crippen LogP contribution in [0.15, 0.2) is 57.0 Å². The van der Waals surface area contributed by atoms with Crippen molar-refractivity contribution >= 4 is 33.5 Å². The van der Waals surface area contributed by atoms with Gasteiger partial charge < -0.3 is 15.7 Å². The average molecular weight is 367 g/mol. The molecule has 0 saturated heterocycles. The standard InChI is InChI=1S/C15H15BrN2O2S/c1-20-14-6-5-10(15(17)18-19)7-11(14)9-21-13-4-2-3-12(16)8-13/h2-8,19H,9H2,1H3,(H2,17,18). The number of hydrogen-bond donors (Lipinski definition) is 2. The van der Waals surface area contributed by atoms with Crippen LogP contribution in [-0.2, 0) is 5.75 Å². The number of oxime groups is 1. The first-order chi connectivity index (χ1) is 10.1. The third kappa shape index (κ3) is 4.15.